The fraction of sp³-hybridized carbons (Fsp3) is 0.562. The van der Waals surface area contributed by atoms with E-state index >= 15 is 0 Å². The van der Waals surface area contributed by atoms with Crippen molar-refractivity contribution in [1.29, 1.82) is 0 Å². The second-order valence-electron chi connectivity index (χ2n) is 5.17. The molecule has 1 rings (SSSR count). The molecular weight excluding hydrogens is 208 g/mol. The van der Waals surface area contributed by atoms with Crippen molar-refractivity contribution in [3.05, 3.63) is 35.9 Å². The molecule has 1 nitrogen and oxygen atoms in total. The molecule has 0 saturated heterocycles. The second-order valence-corrected chi connectivity index (χ2v) is 5.17. The minimum atomic E-state index is -0.339. The number of rotatable bonds is 3. The van der Waals surface area contributed by atoms with E-state index in [0.717, 1.165) is 0 Å². The van der Waals surface area contributed by atoms with Gasteiger partial charge in [-0.05, 0) is 12.5 Å². The molecule has 0 unspecified atom stereocenters. The van der Waals surface area contributed by atoms with Gasteiger partial charge in [0, 0.05) is 10.8 Å². The highest BCUT2D eigenvalue weighted by atomic mass is 16.1. The average Bonchev–Trinajstić information content (AvgIpc) is 2.32. The number of carbonyl (C=O) groups excluding carboxylic acids is 1. The maximum Gasteiger partial charge on any atom is 0.136 e. The van der Waals surface area contributed by atoms with Gasteiger partial charge in [0.1, 0.15) is 5.78 Å². The van der Waals surface area contributed by atoms with Gasteiger partial charge in [-0.15, -0.1) is 0 Å². The maximum atomic E-state index is 11.7. The molecule has 0 spiro atoms. The summed E-state index contributed by atoms with van der Waals surface area (Å²) in [4.78, 5) is 11.7. The SMILES string of the molecule is CC.CC(=O)C(C)(C)C(C)(C)c1ccccc1. The topological polar surface area (TPSA) is 17.1 Å². The van der Waals surface area contributed by atoms with E-state index in [1.54, 1.807) is 6.92 Å². The van der Waals surface area contributed by atoms with Crippen LogP contribution in [0.5, 0.6) is 0 Å². The number of Topliss-reactive ketones (excluding diaryl/α,β-unsaturated/α-hetero) is 1. The molecule has 0 aliphatic rings. The predicted molar refractivity (Wildman–Crippen MR) is 75.3 cm³/mol. The molecule has 0 bridgehead atoms. The first kappa shape index (κ1) is 15.9. The van der Waals surface area contributed by atoms with Gasteiger partial charge in [-0.3, -0.25) is 4.79 Å². The van der Waals surface area contributed by atoms with E-state index in [1.165, 1.54) is 5.56 Å². The minimum Gasteiger partial charge on any atom is -0.299 e. The molecule has 0 amide bonds. The third kappa shape index (κ3) is 3.18. The Labute approximate surface area is 106 Å². The van der Waals surface area contributed by atoms with Crippen LogP contribution in [0.2, 0.25) is 0 Å². The number of hydrogen-bond acceptors (Lipinski definition) is 1. The summed E-state index contributed by atoms with van der Waals surface area (Å²) in [5.41, 5.74) is 0.735. The first-order valence-electron chi connectivity index (χ1n) is 6.36. The van der Waals surface area contributed by atoms with Crippen molar-refractivity contribution in [3.8, 4) is 0 Å². The first-order valence-corrected chi connectivity index (χ1v) is 6.36. The Balaban J connectivity index is 0.00000121. The van der Waals surface area contributed by atoms with Crippen LogP contribution < -0.4 is 0 Å². The highest BCUT2D eigenvalue weighted by molar-refractivity contribution is 5.83. The molecule has 0 atom stereocenters. The summed E-state index contributed by atoms with van der Waals surface area (Å²) < 4.78 is 0. The monoisotopic (exact) mass is 234 g/mol. The summed E-state index contributed by atoms with van der Waals surface area (Å²) >= 11 is 0. The van der Waals surface area contributed by atoms with Crippen molar-refractivity contribution < 1.29 is 4.79 Å². The Hall–Kier alpha value is -1.11. The third-order valence-corrected chi connectivity index (χ3v) is 3.94. The van der Waals surface area contributed by atoms with Gasteiger partial charge >= 0.3 is 0 Å². The molecule has 0 aliphatic heterocycles. The normalized spacial score (nSPS) is 11.5. The number of carbonyl (C=O) groups is 1. The van der Waals surface area contributed by atoms with Crippen molar-refractivity contribution in [3.63, 3.8) is 0 Å². The Morgan fingerprint density at radius 1 is 0.941 bits per heavy atom. The second kappa shape index (κ2) is 6.00. The molecule has 0 aliphatic carbocycles. The van der Waals surface area contributed by atoms with Gasteiger partial charge in [0.15, 0.2) is 0 Å². The lowest BCUT2D eigenvalue weighted by molar-refractivity contribution is -0.128. The number of ketones is 1. The van der Waals surface area contributed by atoms with Gasteiger partial charge in [-0.2, -0.15) is 0 Å². The highest BCUT2D eigenvalue weighted by Gasteiger charge is 2.41. The molecule has 0 radical (unpaired) electrons. The largest absolute Gasteiger partial charge is 0.299 e. The first-order chi connectivity index (χ1) is 7.80. The van der Waals surface area contributed by atoms with Crippen molar-refractivity contribution in [1.82, 2.24) is 0 Å². The van der Waals surface area contributed by atoms with E-state index in [-0.39, 0.29) is 16.6 Å². The van der Waals surface area contributed by atoms with E-state index in [9.17, 15) is 4.79 Å². The van der Waals surface area contributed by atoms with Gasteiger partial charge in [-0.25, -0.2) is 0 Å². The van der Waals surface area contributed by atoms with Crippen LogP contribution in [0, 0.1) is 5.41 Å². The van der Waals surface area contributed by atoms with Crippen LogP contribution in [0.15, 0.2) is 30.3 Å². The molecule has 0 N–H and O–H groups in total. The molecule has 1 aromatic carbocycles. The highest BCUT2D eigenvalue weighted by Crippen LogP contribution is 2.41. The molecule has 96 valence electrons. The Morgan fingerprint density at radius 2 is 1.35 bits per heavy atom. The summed E-state index contributed by atoms with van der Waals surface area (Å²) in [7, 11) is 0. The summed E-state index contributed by atoms with van der Waals surface area (Å²) in [5.74, 6) is 0.233. The molecule has 1 aromatic rings. The molecule has 17 heavy (non-hydrogen) atoms. The Kier molecular flexibility index (Phi) is 5.60. The molecular formula is C16H26O. The van der Waals surface area contributed by atoms with Gasteiger partial charge in [0.25, 0.3) is 0 Å². The molecule has 1 heteroatoms. The lowest BCUT2D eigenvalue weighted by Crippen LogP contribution is -2.41. The number of hydrogen-bond donors (Lipinski definition) is 0. The van der Waals surface area contributed by atoms with Crippen LogP contribution >= 0.6 is 0 Å². The van der Waals surface area contributed by atoms with Crippen molar-refractivity contribution in [2.45, 2.75) is 53.9 Å². The summed E-state index contributed by atoms with van der Waals surface area (Å²) in [6.45, 7) is 14.0. The van der Waals surface area contributed by atoms with E-state index in [2.05, 4.69) is 26.0 Å². The van der Waals surface area contributed by atoms with E-state index in [4.69, 9.17) is 0 Å². The lowest BCUT2D eigenvalue weighted by Gasteiger charge is -2.40. The van der Waals surface area contributed by atoms with Crippen molar-refractivity contribution in [2.24, 2.45) is 5.41 Å². The summed E-state index contributed by atoms with van der Waals surface area (Å²) in [6, 6.07) is 10.2. The van der Waals surface area contributed by atoms with Crippen LogP contribution in [0.1, 0.15) is 54.0 Å². The molecule has 0 aromatic heterocycles. The van der Waals surface area contributed by atoms with E-state index in [0.29, 0.717) is 0 Å². The summed E-state index contributed by atoms with van der Waals surface area (Å²) in [6.07, 6.45) is 0. The van der Waals surface area contributed by atoms with Crippen LogP contribution in [0.25, 0.3) is 0 Å². The van der Waals surface area contributed by atoms with Crippen molar-refractivity contribution in [2.75, 3.05) is 0 Å². The third-order valence-electron chi connectivity index (χ3n) is 3.94. The van der Waals surface area contributed by atoms with Crippen LogP contribution in [-0.4, -0.2) is 5.78 Å². The minimum absolute atomic E-state index is 0.139. The van der Waals surface area contributed by atoms with Crippen LogP contribution in [0.4, 0.5) is 0 Å². The maximum absolute atomic E-state index is 11.7. The zero-order valence-corrected chi connectivity index (χ0v) is 12.3. The fourth-order valence-corrected chi connectivity index (χ4v) is 1.66. The number of benzene rings is 1. The van der Waals surface area contributed by atoms with Gasteiger partial charge in [0.2, 0.25) is 0 Å². The lowest BCUT2D eigenvalue weighted by atomic mass is 9.62. The predicted octanol–water partition coefficient (Wildman–Crippen LogP) is 4.61. The van der Waals surface area contributed by atoms with Gasteiger partial charge < -0.3 is 0 Å². The Morgan fingerprint density at radius 3 is 1.71 bits per heavy atom. The molecule has 0 fully saturated rings. The zero-order chi connectivity index (χ0) is 13.7. The average molecular weight is 234 g/mol. The summed E-state index contributed by atoms with van der Waals surface area (Å²) in [5, 5.41) is 0. The quantitative estimate of drug-likeness (QED) is 0.746. The Bertz CT molecular complexity index is 347. The van der Waals surface area contributed by atoms with Crippen LogP contribution in [0.3, 0.4) is 0 Å². The molecule has 0 heterocycles. The fourth-order valence-electron chi connectivity index (χ4n) is 1.66. The smallest absolute Gasteiger partial charge is 0.136 e. The van der Waals surface area contributed by atoms with E-state index in [1.807, 2.05) is 45.9 Å². The van der Waals surface area contributed by atoms with Crippen molar-refractivity contribution >= 4 is 5.78 Å². The zero-order valence-electron chi connectivity index (χ0n) is 12.3. The van der Waals surface area contributed by atoms with Gasteiger partial charge in [-0.1, -0.05) is 71.9 Å². The standard InChI is InChI=1S/C14H20O.C2H6/c1-11(15)13(2,3)14(4,5)12-9-7-6-8-10-12;1-2/h6-10H,1-5H3;1-2H3. The molecule has 0 saturated carbocycles. The van der Waals surface area contributed by atoms with Gasteiger partial charge in [0.05, 0.1) is 0 Å². The van der Waals surface area contributed by atoms with E-state index < -0.39 is 0 Å². The van der Waals surface area contributed by atoms with Crippen LogP contribution in [-0.2, 0) is 10.2 Å².